The molecule has 4 unspecified atom stereocenters. The van der Waals surface area contributed by atoms with E-state index in [9.17, 15) is 24.0 Å². The van der Waals surface area contributed by atoms with E-state index in [0.717, 1.165) is 0 Å². The molecule has 0 aliphatic rings. The van der Waals surface area contributed by atoms with E-state index in [4.69, 9.17) is 27.4 Å². The maximum atomic E-state index is 12.9. The lowest BCUT2D eigenvalue weighted by molar-refractivity contribution is -0.142. The Balaban J connectivity index is 5.47. The Bertz CT molecular complexity index is 738. The molecule has 0 bridgehead atoms. The lowest BCUT2D eigenvalue weighted by Crippen LogP contribution is -2.57. The summed E-state index contributed by atoms with van der Waals surface area (Å²) >= 11 is 0. The van der Waals surface area contributed by atoms with Gasteiger partial charge in [0, 0.05) is 6.54 Å². The third-order valence-electron chi connectivity index (χ3n) is 4.38. The topological polar surface area (TPSA) is 252 Å². The Kier molecular flexibility index (Phi) is 13.1. The average molecular weight is 474 g/mol. The zero-order chi connectivity index (χ0) is 25.7. The number of rotatable bonds is 15. The van der Waals surface area contributed by atoms with Crippen LogP contribution in [0.2, 0.25) is 0 Å². The van der Waals surface area contributed by atoms with Crippen LogP contribution in [-0.4, -0.2) is 76.5 Å². The van der Waals surface area contributed by atoms with Crippen LogP contribution in [0.5, 0.6) is 0 Å². The molecule has 0 radical (unpaired) electrons. The van der Waals surface area contributed by atoms with Gasteiger partial charge in [-0.2, -0.15) is 0 Å². The van der Waals surface area contributed by atoms with Crippen molar-refractivity contribution in [3.63, 3.8) is 0 Å². The number of nitrogens with two attached hydrogens (primary N) is 3. The van der Waals surface area contributed by atoms with Crippen molar-refractivity contribution in [2.24, 2.45) is 28.1 Å². The number of aliphatic carboxylic acids is 2. The molecule has 3 amide bonds. The second-order valence-corrected chi connectivity index (χ2v) is 7.97. The van der Waals surface area contributed by atoms with Crippen LogP contribution in [0.25, 0.3) is 0 Å². The van der Waals surface area contributed by atoms with E-state index in [-0.39, 0.29) is 37.7 Å². The van der Waals surface area contributed by atoms with Gasteiger partial charge in [0.2, 0.25) is 17.7 Å². The number of carboxylic acids is 2. The summed E-state index contributed by atoms with van der Waals surface area (Å²) in [5.74, 6) is -4.98. The number of aliphatic imine (C=N–C) groups is 1. The summed E-state index contributed by atoms with van der Waals surface area (Å²) in [5, 5.41) is 25.0. The zero-order valence-electron chi connectivity index (χ0n) is 19.0. The molecular weight excluding hydrogens is 438 g/mol. The lowest BCUT2D eigenvalue weighted by Gasteiger charge is -2.25. The molecule has 14 heteroatoms. The van der Waals surface area contributed by atoms with Gasteiger partial charge in [0.05, 0.1) is 12.5 Å². The van der Waals surface area contributed by atoms with Gasteiger partial charge < -0.3 is 43.4 Å². The number of nitrogens with zero attached hydrogens (tertiary/aromatic N) is 1. The first-order valence-corrected chi connectivity index (χ1v) is 10.4. The number of hydrogen-bond donors (Lipinski definition) is 8. The standard InChI is InChI=1S/C19H35N7O7/c1-9(2)7-13(17(31)24-10(3)18(32)33)26-16(30)12(5-4-6-23-19(21)22)25-15(29)11(20)8-14(27)28/h9-13H,4-8,20H2,1-3H3,(H,24,31)(H,25,29)(H,26,30)(H,27,28)(H,32,33)(H4,21,22,23). The highest BCUT2D eigenvalue weighted by Gasteiger charge is 2.30. The quantitative estimate of drug-likeness (QED) is 0.0701. The number of carboxylic acid groups (broad SMARTS) is 2. The van der Waals surface area contributed by atoms with Crippen LogP contribution in [0.4, 0.5) is 0 Å². The first-order chi connectivity index (χ1) is 15.2. The normalized spacial score (nSPS) is 14.3. The van der Waals surface area contributed by atoms with E-state index in [1.807, 2.05) is 13.8 Å². The van der Waals surface area contributed by atoms with E-state index >= 15 is 0 Å². The van der Waals surface area contributed by atoms with Crippen LogP contribution in [0, 0.1) is 5.92 Å². The van der Waals surface area contributed by atoms with Gasteiger partial charge in [-0.05, 0) is 32.1 Å². The molecule has 0 heterocycles. The van der Waals surface area contributed by atoms with E-state index in [0.29, 0.717) is 0 Å². The minimum atomic E-state index is -1.39. The Hall–Kier alpha value is -3.42. The van der Waals surface area contributed by atoms with Gasteiger partial charge in [-0.1, -0.05) is 13.8 Å². The summed E-state index contributed by atoms with van der Waals surface area (Å²) in [4.78, 5) is 63.3. The monoisotopic (exact) mass is 473 g/mol. The van der Waals surface area contributed by atoms with Gasteiger partial charge in [0.25, 0.3) is 0 Å². The molecule has 0 aliphatic carbocycles. The van der Waals surface area contributed by atoms with Gasteiger partial charge in [-0.3, -0.25) is 29.0 Å². The number of carbonyl (C=O) groups excluding carboxylic acids is 3. The Morgan fingerprint density at radius 2 is 1.42 bits per heavy atom. The van der Waals surface area contributed by atoms with E-state index in [1.54, 1.807) is 0 Å². The summed E-state index contributed by atoms with van der Waals surface area (Å²) in [7, 11) is 0. The molecule has 0 aromatic carbocycles. The van der Waals surface area contributed by atoms with Crippen molar-refractivity contribution in [3.8, 4) is 0 Å². The van der Waals surface area contributed by atoms with E-state index < -0.39 is 60.2 Å². The number of hydrogen-bond acceptors (Lipinski definition) is 7. The predicted octanol–water partition coefficient (Wildman–Crippen LogP) is -2.55. The van der Waals surface area contributed by atoms with Crippen LogP contribution in [-0.2, 0) is 24.0 Å². The fourth-order valence-corrected chi connectivity index (χ4v) is 2.68. The Labute approximate surface area is 191 Å². The molecule has 14 nitrogen and oxygen atoms in total. The van der Waals surface area contributed by atoms with Crippen molar-refractivity contribution in [2.75, 3.05) is 6.54 Å². The highest BCUT2D eigenvalue weighted by molar-refractivity contribution is 5.94. The zero-order valence-corrected chi connectivity index (χ0v) is 19.0. The highest BCUT2D eigenvalue weighted by atomic mass is 16.4. The second kappa shape index (κ2) is 14.6. The summed E-state index contributed by atoms with van der Waals surface area (Å²) in [6, 6.07) is -4.79. The molecule has 0 spiro atoms. The number of nitrogens with one attached hydrogen (secondary N) is 3. The van der Waals surface area contributed by atoms with Crippen molar-refractivity contribution in [2.45, 2.75) is 70.6 Å². The fraction of sp³-hybridized carbons (Fsp3) is 0.684. The molecule has 0 saturated heterocycles. The second-order valence-electron chi connectivity index (χ2n) is 7.97. The molecule has 188 valence electrons. The Morgan fingerprint density at radius 3 is 1.91 bits per heavy atom. The SMILES string of the molecule is CC(C)CC(NC(=O)C(CCCN=C(N)N)NC(=O)C(N)CC(=O)O)C(=O)NC(C)C(=O)O. The predicted molar refractivity (Wildman–Crippen MR) is 119 cm³/mol. The molecule has 0 aromatic rings. The average Bonchev–Trinajstić information content (AvgIpc) is 2.68. The summed E-state index contributed by atoms with van der Waals surface area (Å²) < 4.78 is 0. The van der Waals surface area contributed by atoms with Crippen molar-refractivity contribution in [1.82, 2.24) is 16.0 Å². The molecule has 0 rings (SSSR count). The van der Waals surface area contributed by atoms with Crippen molar-refractivity contribution in [1.29, 1.82) is 0 Å². The van der Waals surface area contributed by atoms with Gasteiger partial charge in [-0.25, -0.2) is 0 Å². The molecule has 0 aliphatic heterocycles. The van der Waals surface area contributed by atoms with E-state index in [1.165, 1.54) is 6.92 Å². The molecular formula is C19H35N7O7. The molecule has 0 aromatic heterocycles. The maximum Gasteiger partial charge on any atom is 0.325 e. The first kappa shape index (κ1) is 29.6. The molecule has 0 fully saturated rings. The summed E-state index contributed by atoms with van der Waals surface area (Å²) in [5.41, 5.74) is 16.1. The minimum absolute atomic E-state index is 0.0277. The third kappa shape index (κ3) is 12.9. The van der Waals surface area contributed by atoms with Crippen molar-refractivity contribution < 1.29 is 34.2 Å². The molecule has 11 N–H and O–H groups in total. The molecule has 0 saturated carbocycles. The first-order valence-electron chi connectivity index (χ1n) is 10.4. The van der Waals surface area contributed by atoms with Crippen LogP contribution >= 0.6 is 0 Å². The van der Waals surface area contributed by atoms with Crippen LogP contribution in [0.1, 0.15) is 46.5 Å². The lowest BCUT2D eigenvalue weighted by atomic mass is 10.0. The van der Waals surface area contributed by atoms with E-state index in [2.05, 4.69) is 20.9 Å². The number of amides is 3. The van der Waals surface area contributed by atoms with Crippen LogP contribution in [0.3, 0.4) is 0 Å². The minimum Gasteiger partial charge on any atom is -0.481 e. The van der Waals surface area contributed by atoms with Gasteiger partial charge >= 0.3 is 11.9 Å². The van der Waals surface area contributed by atoms with Gasteiger partial charge in [0.1, 0.15) is 18.1 Å². The number of carbonyl (C=O) groups is 5. The van der Waals surface area contributed by atoms with Gasteiger partial charge in [0.15, 0.2) is 5.96 Å². The third-order valence-corrected chi connectivity index (χ3v) is 4.38. The summed E-state index contributed by atoms with van der Waals surface area (Å²) in [6.45, 7) is 5.07. The van der Waals surface area contributed by atoms with Crippen LogP contribution < -0.4 is 33.2 Å². The fourth-order valence-electron chi connectivity index (χ4n) is 2.68. The summed E-state index contributed by atoms with van der Waals surface area (Å²) in [6.07, 6.45) is -0.0893. The Morgan fingerprint density at radius 1 is 0.879 bits per heavy atom. The highest BCUT2D eigenvalue weighted by Crippen LogP contribution is 2.08. The van der Waals surface area contributed by atoms with Crippen molar-refractivity contribution in [3.05, 3.63) is 0 Å². The van der Waals surface area contributed by atoms with Crippen LogP contribution in [0.15, 0.2) is 4.99 Å². The maximum absolute atomic E-state index is 12.9. The van der Waals surface area contributed by atoms with Crippen molar-refractivity contribution >= 4 is 35.6 Å². The molecule has 4 atom stereocenters. The molecule has 33 heavy (non-hydrogen) atoms. The number of guanidine groups is 1. The largest absolute Gasteiger partial charge is 0.481 e. The smallest absolute Gasteiger partial charge is 0.325 e. The van der Waals surface area contributed by atoms with Gasteiger partial charge in [-0.15, -0.1) is 0 Å².